The van der Waals surface area contributed by atoms with Crippen molar-refractivity contribution in [3.05, 3.63) is 53.9 Å². The molecule has 2 aromatic rings. The van der Waals surface area contributed by atoms with Crippen LogP contribution in [0.2, 0.25) is 0 Å². The van der Waals surface area contributed by atoms with Crippen LogP contribution in [0.3, 0.4) is 0 Å². The number of ether oxygens (including phenoxy) is 1. The van der Waals surface area contributed by atoms with Crippen molar-refractivity contribution < 1.29 is 14.3 Å². The Kier molecular flexibility index (Phi) is 7.35. The van der Waals surface area contributed by atoms with E-state index < -0.39 is 5.97 Å². The first-order valence-electron chi connectivity index (χ1n) is 9.74. The highest BCUT2D eigenvalue weighted by Gasteiger charge is 2.14. The van der Waals surface area contributed by atoms with E-state index in [1.165, 1.54) is 31.4 Å². The molecular formula is C21H26N4O3. The Labute approximate surface area is 164 Å². The number of esters is 1. The molecule has 0 radical (unpaired) electrons. The predicted molar refractivity (Wildman–Crippen MR) is 105 cm³/mol. The third-order valence-corrected chi connectivity index (χ3v) is 4.79. The topological polar surface area (TPSA) is 86.1 Å². The molecule has 28 heavy (non-hydrogen) atoms. The van der Waals surface area contributed by atoms with Gasteiger partial charge in [0, 0.05) is 12.6 Å². The summed E-state index contributed by atoms with van der Waals surface area (Å²) in [6, 6.07) is 9.91. The average molecular weight is 382 g/mol. The molecule has 148 valence electrons. The lowest BCUT2D eigenvalue weighted by molar-refractivity contribution is -0.143. The van der Waals surface area contributed by atoms with Crippen molar-refractivity contribution in [1.82, 2.24) is 20.3 Å². The van der Waals surface area contributed by atoms with Gasteiger partial charge in [0.1, 0.15) is 5.69 Å². The number of nitrogens with zero attached hydrogens (tertiary/aromatic N) is 3. The fourth-order valence-electron chi connectivity index (χ4n) is 3.28. The summed E-state index contributed by atoms with van der Waals surface area (Å²) in [4.78, 5) is 23.6. The van der Waals surface area contributed by atoms with E-state index in [1.54, 1.807) is 10.9 Å². The monoisotopic (exact) mass is 382 g/mol. The molecule has 0 unspecified atom stereocenters. The van der Waals surface area contributed by atoms with Crippen molar-refractivity contribution in [1.29, 1.82) is 0 Å². The van der Waals surface area contributed by atoms with Crippen molar-refractivity contribution in [2.45, 2.75) is 38.6 Å². The minimum absolute atomic E-state index is 0.263. The number of hydrogen-bond donors (Lipinski definition) is 1. The van der Waals surface area contributed by atoms with E-state index in [0.29, 0.717) is 24.7 Å². The van der Waals surface area contributed by atoms with Crippen LogP contribution in [0.15, 0.2) is 42.6 Å². The van der Waals surface area contributed by atoms with Gasteiger partial charge in [0.25, 0.3) is 5.91 Å². The summed E-state index contributed by atoms with van der Waals surface area (Å²) in [5, 5.41) is 10.9. The van der Waals surface area contributed by atoms with Crippen molar-refractivity contribution in [3.8, 4) is 0 Å². The van der Waals surface area contributed by atoms with Crippen LogP contribution in [0.4, 0.5) is 0 Å². The molecule has 0 atom stereocenters. The highest BCUT2D eigenvalue weighted by atomic mass is 16.5. The van der Waals surface area contributed by atoms with E-state index >= 15 is 0 Å². The van der Waals surface area contributed by atoms with Crippen LogP contribution in [0.25, 0.3) is 6.08 Å². The molecule has 0 bridgehead atoms. The smallest absolute Gasteiger partial charge is 0.331 e. The summed E-state index contributed by atoms with van der Waals surface area (Å²) in [7, 11) is 0. The average Bonchev–Trinajstić information content (AvgIpc) is 3.18. The predicted octanol–water partition coefficient (Wildman–Crippen LogP) is 2.58. The van der Waals surface area contributed by atoms with E-state index in [-0.39, 0.29) is 12.5 Å². The van der Waals surface area contributed by atoms with Crippen LogP contribution in [-0.2, 0) is 20.9 Å². The van der Waals surface area contributed by atoms with Crippen LogP contribution in [-0.4, -0.2) is 40.0 Å². The Balaban J connectivity index is 1.37. The van der Waals surface area contributed by atoms with E-state index in [4.69, 9.17) is 4.74 Å². The van der Waals surface area contributed by atoms with Gasteiger partial charge in [0.05, 0.1) is 12.7 Å². The number of hydrogen-bond acceptors (Lipinski definition) is 5. The zero-order valence-corrected chi connectivity index (χ0v) is 15.9. The number of rotatable bonds is 8. The number of carbonyl (C=O) groups excluding carboxylic acids is 2. The van der Waals surface area contributed by atoms with Crippen LogP contribution in [0.1, 0.15) is 43.4 Å². The summed E-state index contributed by atoms with van der Waals surface area (Å²) in [6.07, 6.45) is 10.6. The molecule has 7 nitrogen and oxygen atoms in total. The standard InChI is InChI=1S/C21H26N4O3/c26-20(22-13-17-7-3-1-4-8-17)16-28-21(27)12-11-19-15-25(24-23-19)14-18-9-5-2-6-10-18/h2,5-6,9-12,15,17H,1,3-4,7-8,13-14,16H2,(H,22,26)/b12-11+. The van der Waals surface area contributed by atoms with Crippen LogP contribution in [0.5, 0.6) is 0 Å². The van der Waals surface area contributed by atoms with Gasteiger partial charge in [-0.2, -0.15) is 0 Å². The molecule has 1 amide bonds. The van der Waals surface area contributed by atoms with Gasteiger partial charge in [-0.3, -0.25) is 4.79 Å². The molecule has 3 rings (SSSR count). The van der Waals surface area contributed by atoms with Gasteiger partial charge in [0.2, 0.25) is 0 Å². The molecule has 1 aromatic carbocycles. The Morgan fingerprint density at radius 1 is 1.18 bits per heavy atom. The third kappa shape index (κ3) is 6.64. The lowest BCUT2D eigenvalue weighted by Gasteiger charge is -2.21. The highest BCUT2D eigenvalue weighted by molar-refractivity contribution is 5.88. The van der Waals surface area contributed by atoms with Gasteiger partial charge in [0.15, 0.2) is 6.61 Å². The molecule has 1 aliphatic rings. The fraction of sp³-hybridized carbons (Fsp3) is 0.429. The summed E-state index contributed by atoms with van der Waals surface area (Å²) in [6.45, 7) is 1.00. The first-order valence-corrected chi connectivity index (χ1v) is 9.74. The second kappa shape index (κ2) is 10.4. The molecular weight excluding hydrogens is 356 g/mol. The van der Waals surface area contributed by atoms with Crippen molar-refractivity contribution >= 4 is 18.0 Å². The fourth-order valence-corrected chi connectivity index (χ4v) is 3.28. The summed E-state index contributed by atoms with van der Waals surface area (Å²) >= 11 is 0. The molecule has 0 spiro atoms. The van der Waals surface area contributed by atoms with Gasteiger partial charge >= 0.3 is 5.97 Å². The zero-order chi connectivity index (χ0) is 19.6. The maximum Gasteiger partial charge on any atom is 0.331 e. The number of benzene rings is 1. The largest absolute Gasteiger partial charge is 0.452 e. The summed E-state index contributed by atoms with van der Waals surface area (Å²) < 4.78 is 6.67. The van der Waals surface area contributed by atoms with E-state index in [9.17, 15) is 9.59 Å². The van der Waals surface area contributed by atoms with E-state index in [0.717, 1.165) is 18.4 Å². The van der Waals surface area contributed by atoms with Gasteiger partial charge in [-0.25, -0.2) is 9.48 Å². The SMILES string of the molecule is O=C(COC(=O)/C=C/c1cn(Cc2ccccc2)nn1)NCC1CCCCC1. The molecule has 1 fully saturated rings. The van der Waals surface area contributed by atoms with Gasteiger partial charge < -0.3 is 10.1 Å². The quantitative estimate of drug-likeness (QED) is 0.560. The normalized spacial score (nSPS) is 14.9. The first-order chi connectivity index (χ1) is 13.7. The van der Waals surface area contributed by atoms with E-state index in [2.05, 4.69) is 15.6 Å². The molecule has 1 aromatic heterocycles. The number of aromatic nitrogens is 3. The van der Waals surface area contributed by atoms with Gasteiger partial charge in [-0.1, -0.05) is 54.8 Å². The number of amides is 1. The van der Waals surface area contributed by atoms with Gasteiger partial charge in [-0.05, 0) is 30.4 Å². The molecule has 1 aliphatic carbocycles. The lowest BCUT2D eigenvalue weighted by Crippen LogP contribution is -2.33. The van der Waals surface area contributed by atoms with Gasteiger partial charge in [-0.15, -0.1) is 5.10 Å². The third-order valence-electron chi connectivity index (χ3n) is 4.79. The lowest BCUT2D eigenvalue weighted by atomic mass is 9.89. The summed E-state index contributed by atoms with van der Waals surface area (Å²) in [5.74, 6) is -0.293. The molecule has 1 N–H and O–H groups in total. The van der Waals surface area contributed by atoms with Crippen LogP contribution >= 0.6 is 0 Å². The van der Waals surface area contributed by atoms with Crippen LogP contribution < -0.4 is 5.32 Å². The maximum atomic E-state index is 11.8. The minimum atomic E-state index is -0.578. The second-order valence-electron chi connectivity index (χ2n) is 7.08. The molecule has 1 saturated carbocycles. The molecule has 7 heteroatoms. The molecule has 1 heterocycles. The second-order valence-corrected chi connectivity index (χ2v) is 7.08. The first kappa shape index (κ1) is 19.8. The Hall–Kier alpha value is -2.96. The zero-order valence-electron chi connectivity index (χ0n) is 15.9. The van der Waals surface area contributed by atoms with Crippen molar-refractivity contribution in [3.63, 3.8) is 0 Å². The minimum Gasteiger partial charge on any atom is -0.452 e. The highest BCUT2D eigenvalue weighted by Crippen LogP contribution is 2.22. The number of nitrogens with one attached hydrogen (secondary N) is 1. The Morgan fingerprint density at radius 2 is 1.96 bits per heavy atom. The van der Waals surface area contributed by atoms with E-state index in [1.807, 2.05) is 30.3 Å². The Morgan fingerprint density at radius 3 is 2.75 bits per heavy atom. The van der Waals surface area contributed by atoms with Crippen molar-refractivity contribution in [2.75, 3.05) is 13.2 Å². The molecule has 0 saturated heterocycles. The van der Waals surface area contributed by atoms with Crippen LogP contribution in [0, 0.1) is 5.92 Å². The van der Waals surface area contributed by atoms with Crippen molar-refractivity contribution in [2.24, 2.45) is 5.92 Å². The molecule has 0 aliphatic heterocycles. The number of carbonyl (C=O) groups is 2. The summed E-state index contributed by atoms with van der Waals surface area (Å²) in [5.41, 5.74) is 1.66. The maximum absolute atomic E-state index is 11.8. The Bertz CT molecular complexity index is 795.